The summed E-state index contributed by atoms with van der Waals surface area (Å²) in [5.41, 5.74) is -2.48. The maximum Gasteiger partial charge on any atom is 0.407 e. The van der Waals surface area contributed by atoms with E-state index in [1.807, 2.05) is 0 Å². The van der Waals surface area contributed by atoms with Gasteiger partial charge in [-0.15, -0.1) is 0 Å². The smallest absolute Gasteiger partial charge is 0.303 e. The van der Waals surface area contributed by atoms with Crippen molar-refractivity contribution >= 4 is 0 Å². The quantitative estimate of drug-likeness (QED) is 0.646. The third-order valence-electron chi connectivity index (χ3n) is 3.17. The largest absolute Gasteiger partial charge is 0.407 e. The summed E-state index contributed by atoms with van der Waals surface area (Å²) in [6.07, 6.45) is -2.47. The van der Waals surface area contributed by atoms with Gasteiger partial charge < -0.3 is 5.32 Å². The van der Waals surface area contributed by atoms with Crippen molar-refractivity contribution in [1.29, 1.82) is 0 Å². The Morgan fingerprint density at radius 2 is 1.64 bits per heavy atom. The molecule has 1 saturated heterocycles. The van der Waals surface area contributed by atoms with Crippen LogP contribution in [0.4, 0.5) is 13.2 Å². The molecule has 1 unspecified atom stereocenters. The molecule has 1 N–H and O–H groups in total. The first-order valence-electron chi connectivity index (χ1n) is 5.02. The molecule has 0 saturated carbocycles. The molecule has 1 heterocycles. The van der Waals surface area contributed by atoms with Crippen molar-refractivity contribution in [2.75, 3.05) is 6.54 Å². The van der Waals surface area contributed by atoms with Gasteiger partial charge in [0.2, 0.25) is 0 Å². The number of piperidine rings is 1. The first kappa shape index (κ1) is 11.8. The molecule has 1 aliphatic rings. The Labute approximate surface area is 83.1 Å². The lowest BCUT2D eigenvalue weighted by Crippen LogP contribution is -2.66. The molecule has 0 amide bonds. The zero-order chi connectivity index (χ0) is 11.0. The van der Waals surface area contributed by atoms with E-state index >= 15 is 0 Å². The molecule has 1 fully saturated rings. The van der Waals surface area contributed by atoms with Crippen molar-refractivity contribution in [1.82, 2.24) is 5.32 Å². The van der Waals surface area contributed by atoms with Crippen LogP contribution in [-0.2, 0) is 0 Å². The van der Waals surface area contributed by atoms with Gasteiger partial charge in [0.15, 0.2) is 0 Å². The molecule has 1 aliphatic heterocycles. The van der Waals surface area contributed by atoms with Gasteiger partial charge in [0.05, 0.1) is 0 Å². The predicted octanol–water partition coefficient (Wildman–Crippen LogP) is 3.11. The molecule has 84 valence electrons. The fraction of sp³-hybridized carbons (Fsp3) is 1.00. The SMILES string of the molecule is CC(C)(C)C1(C(F)(F)F)CCCCN1. The van der Waals surface area contributed by atoms with E-state index in [9.17, 15) is 13.2 Å². The monoisotopic (exact) mass is 209 g/mol. The maximum atomic E-state index is 13.0. The van der Waals surface area contributed by atoms with Gasteiger partial charge in [-0.3, -0.25) is 0 Å². The molecule has 1 rings (SSSR count). The summed E-state index contributed by atoms with van der Waals surface area (Å²) in [6.45, 7) is 5.42. The van der Waals surface area contributed by atoms with E-state index in [1.165, 1.54) is 0 Å². The molecule has 0 spiro atoms. The van der Waals surface area contributed by atoms with Gasteiger partial charge in [-0.05, 0) is 31.2 Å². The molecule has 1 nitrogen and oxygen atoms in total. The molecule has 4 heteroatoms. The van der Waals surface area contributed by atoms with Gasteiger partial charge >= 0.3 is 6.18 Å². The average Bonchev–Trinajstić information content (AvgIpc) is 2.02. The standard InChI is InChI=1S/C10H18F3N/c1-8(2,3)9(10(11,12)13)6-4-5-7-14-9/h14H,4-7H2,1-3H3. The average molecular weight is 209 g/mol. The molecule has 1 atom stereocenters. The molecule has 0 aromatic carbocycles. The van der Waals surface area contributed by atoms with Crippen LogP contribution in [0.15, 0.2) is 0 Å². The van der Waals surface area contributed by atoms with Crippen molar-refractivity contribution in [2.24, 2.45) is 5.41 Å². The van der Waals surface area contributed by atoms with Crippen LogP contribution in [0.25, 0.3) is 0 Å². The summed E-state index contributed by atoms with van der Waals surface area (Å²) in [5.74, 6) is 0. The summed E-state index contributed by atoms with van der Waals surface area (Å²) in [7, 11) is 0. The third-order valence-corrected chi connectivity index (χ3v) is 3.17. The number of halogens is 3. The van der Waals surface area contributed by atoms with E-state index in [-0.39, 0.29) is 6.42 Å². The van der Waals surface area contributed by atoms with Gasteiger partial charge in [-0.1, -0.05) is 20.8 Å². The Bertz CT molecular complexity index is 180. The highest BCUT2D eigenvalue weighted by Gasteiger charge is 2.61. The highest BCUT2D eigenvalue weighted by molar-refractivity contribution is 5.05. The molecular formula is C10H18F3N. The van der Waals surface area contributed by atoms with E-state index in [2.05, 4.69) is 5.32 Å². The predicted molar refractivity (Wildman–Crippen MR) is 50.1 cm³/mol. The number of hydrogen-bond acceptors (Lipinski definition) is 1. The lowest BCUT2D eigenvalue weighted by Gasteiger charge is -2.48. The van der Waals surface area contributed by atoms with Crippen molar-refractivity contribution in [3.63, 3.8) is 0 Å². The van der Waals surface area contributed by atoms with Gasteiger partial charge in [0, 0.05) is 0 Å². The second-order valence-corrected chi connectivity index (χ2v) is 5.04. The van der Waals surface area contributed by atoms with Crippen LogP contribution < -0.4 is 5.32 Å². The highest BCUT2D eigenvalue weighted by atomic mass is 19.4. The fourth-order valence-corrected chi connectivity index (χ4v) is 2.21. The molecular weight excluding hydrogens is 191 g/mol. The molecule has 0 bridgehead atoms. The van der Waals surface area contributed by atoms with Gasteiger partial charge in [0.1, 0.15) is 5.54 Å². The molecule has 0 aromatic rings. The van der Waals surface area contributed by atoms with Crippen LogP contribution in [0.5, 0.6) is 0 Å². The van der Waals surface area contributed by atoms with E-state index in [0.717, 1.165) is 6.42 Å². The number of nitrogens with one attached hydrogen (secondary N) is 1. The maximum absolute atomic E-state index is 13.0. The first-order valence-corrected chi connectivity index (χ1v) is 5.02. The minimum atomic E-state index is -4.16. The Balaban J connectivity index is 3.01. The van der Waals surface area contributed by atoms with Crippen molar-refractivity contribution in [3.05, 3.63) is 0 Å². The van der Waals surface area contributed by atoms with E-state index in [4.69, 9.17) is 0 Å². The molecule has 14 heavy (non-hydrogen) atoms. The van der Waals surface area contributed by atoms with Crippen molar-refractivity contribution < 1.29 is 13.2 Å². The zero-order valence-electron chi connectivity index (χ0n) is 8.96. The zero-order valence-corrected chi connectivity index (χ0v) is 8.96. The topological polar surface area (TPSA) is 12.0 Å². The van der Waals surface area contributed by atoms with Crippen LogP contribution in [-0.4, -0.2) is 18.3 Å². The third kappa shape index (κ3) is 1.76. The second-order valence-electron chi connectivity index (χ2n) is 5.04. The van der Waals surface area contributed by atoms with Crippen LogP contribution in [0.1, 0.15) is 40.0 Å². The summed E-state index contributed by atoms with van der Waals surface area (Å²) >= 11 is 0. The van der Waals surface area contributed by atoms with Gasteiger partial charge in [-0.25, -0.2) is 0 Å². The molecule has 0 aromatic heterocycles. The summed E-state index contributed by atoms with van der Waals surface area (Å²) < 4.78 is 39.1. The van der Waals surface area contributed by atoms with Crippen LogP contribution in [0.2, 0.25) is 0 Å². The highest BCUT2D eigenvalue weighted by Crippen LogP contribution is 2.47. The Morgan fingerprint density at radius 1 is 1.07 bits per heavy atom. The minimum Gasteiger partial charge on any atom is -0.303 e. The van der Waals surface area contributed by atoms with Crippen molar-refractivity contribution in [2.45, 2.75) is 51.7 Å². The molecule has 0 radical (unpaired) electrons. The normalized spacial score (nSPS) is 30.4. The first-order chi connectivity index (χ1) is 6.21. The number of alkyl halides is 3. The Kier molecular flexibility index (Phi) is 2.87. The van der Waals surface area contributed by atoms with E-state index in [1.54, 1.807) is 20.8 Å². The summed E-state index contributed by atoms with van der Waals surface area (Å²) in [4.78, 5) is 0. The van der Waals surface area contributed by atoms with Crippen molar-refractivity contribution in [3.8, 4) is 0 Å². The van der Waals surface area contributed by atoms with Crippen LogP contribution in [0.3, 0.4) is 0 Å². The number of hydrogen-bond donors (Lipinski definition) is 1. The second kappa shape index (κ2) is 3.40. The van der Waals surface area contributed by atoms with Gasteiger partial charge in [0.25, 0.3) is 0 Å². The lowest BCUT2D eigenvalue weighted by molar-refractivity contribution is -0.232. The molecule has 0 aliphatic carbocycles. The Morgan fingerprint density at radius 3 is 1.86 bits per heavy atom. The lowest BCUT2D eigenvalue weighted by atomic mass is 9.68. The Hall–Kier alpha value is -0.250. The number of rotatable bonds is 0. The minimum absolute atomic E-state index is 0.194. The van der Waals surface area contributed by atoms with Gasteiger partial charge in [-0.2, -0.15) is 13.2 Å². The van der Waals surface area contributed by atoms with Crippen LogP contribution >= 0.6 is 0 Å². The summed E-state index contributed by atoms with van der Waals surface area (Å²) in [6, 6.07) is 0. The van der Waals surface area contributed by atoms with E-state index < -0.39 is 17.1 Å². The fourth-order valence-electron chi connectivity index (χ4n) is 2.21. The van der Waals surface area contributed by atoms with Crippen LogP contribution in [0, 0.1) is 5.41 Å². The summed E-state index contributed by atoms with van der Waals surface area (Å²) in [5, 5.41) is 2.69. The van der Waals surface area contributed by atoms with E-state index in [0.29, 0.717) is 13.0 Å².